The van der Waals surface area contributed by atoms with Crippen molar-refractivity contribution in [3.8, 4) is 0 Å². The summed E-state index contributed by atoms with van der Waals surface area (Å²) < 4.78 is 15.8. The molecule has 1 atom stereocenters. The predicted molar refractivity (Wildman–Crippen MR) is 120 cm³/mol. The summed E-state index contributed by atoms with van der Waals surface area (Å²) in [6.45, 7) is 5.70. The first kappa shape index (κ1) is 20.1. The Bertz CT molecular complexity index is 1080. The number of aromatic nitrogens is 1. The first-order valence-corrected chi connectivity index (χ1v) is 10.5. The maximum atomic E-state index is 13.6. The predicted octanol–water partition coefficient (Wildman–Crippen LogP) is 4.77. The van der Waals surface area contributed by atoms with Gasteiger partial charge in [-0.25, -0.2) is 4.39 Å². The van der Waals surface area contributed by atoms with Gasteiger partial charge < -0.3 is 9.47 Å². The average molecular weight is 400 g/mol. The molecule has 0 spiro atoms. The minimum atomic E-state index is -0.183. The third kappa shape index (κ3) is 5.25. The number of quaternary nitrogens is 1. The lowest BCUT2D eigenvalue weighted by atomic mass is 10.1. The van der Waals surface area contributed by atoms with Crippen LogP contribution in [0.15, 0.2) is 97.2 Å². The molecule has 1 aromatic heterocycles. The minimum absolute atomic E-state index is 0.183. The summed E-state index contributed by atoms with van der Waals surface area (Å²) in [7, 11) is 0. The maximum absolute atomic E-state index is 13.6. The number of nitrogens with one attached hydrogen (secondary N) is 1. The topological polar surface area (TPSA) is 9.37 Å². The maximum Gasteiger partial charge on any atom is 0.123 e. The Hall–Kier alpha value is -3.17. The molecule has 4 rings (SSSR count). The summed E-state index contributed by atoms with van der Waals surface area (Å²) in [5, 5.41) is 0. The van der Waals surface area contributed by atoms with Crippen LogP contribution in [0.2, 0.25) is 0 Å². The first-order valence-electron chi connectivity index (χ1n) is 10.5. The second-order valence-electron chi connectivity index (χ2n) is 7.95. The monoisotopic (exact) mass is 399 g/mol. The number of hydrogen-bond donors (Lipinski definition) is 1. The fraction of sp³-hybridized carbons (Fsp3) is 0.185. The lowest BCUT2D eigenvalue weighted by Gasteiger charge is -2.22. The smallest absolute Gasteiger partial charge is 0.123 e. The van der Waals surface area contributed by atoms with Crippen molar-refractivity contribution in [3.05, 3.63) is 131 Å². The molecule has 30 heavy (non-hydrogen) atoms. The largest absolute Gasteiger partial charge is 0.342 e. The molecule has 0 fully saturated rings. The Morgan fingerprint density at radius 1 is 0.733 bits per heavy atom. The second kappa shape index (κ2) is 9.55. The Labute approximate surface area is 178 Å². The summed E-state index contributed by atoms with van der Waals surface area (Å²) in [6.07, 6.45) is 2.09. The summed E-state index contributed by atoms with van der Waals surface area (Å²) in [5.41, 5.74) is 6.30. The van der Waals surface area contributed by atoms with Gasteiger partial charge in [-0.05, 0) is 42.3 Å². The number of halogens is 1. The van der Waals surface area contributed by atoms with Crippen molar-refractivity contribution in [1.82, 2.24) is 4.57 Å². The van der Waals surface area contributed by atoms with E-state index in [4.69, 9.17) is 0 Å². The molecule has 0 aliphatic carbocycles. The van der Waals surface area contributed by atoms with Crippen molar-refractivity contribution in [2.24, 2.45) is 0 Å². The van der Waals surface area contributed by atoms with E-state index < -0.39 is 0 Å². The van der Waals surface area contributed by atoms with Crippen molar-refractivity contribution in [2.45, 2.75) is 33.1 Å². The van der Waals surface area contributed by atoms with Gasteiger partial charge in [-0.1, -0.05) is 66.7 Å². The molecule has 3 heteroatoms. The van der Waals surface area contributed by atoms with Crippen LogP contribution in [0.4, 0.5) is 4.39 Å². The van der Waals surface area contributed by atoms with Crippen LogP contribution in [0.25, 0.3) is 0 Å². The summed E-state index contributed by atoms with van der Waals surface area (Å²) in [5.74, 6) is -0.183. The molecule has 0 bridgehead atoms. The van der Waals surface area contributed by atoms with Gasteiger partial charge in [0.2, 0.25) is 0 Å². The molecule has 2 nitrogen and oxygen atoms in total. The quantitative estimate of drug-likeness (QED) is 0.437. The highest BCUT2D eigenvalue weighted by atomic mass is 19.1. The van der Waals surface area contributed by atoms with E-state index in [2.05, 4.69) is 84.4 Å². The highest BCUT2D eigenvalue weighted by molar-refractivity contribution is 5.25. The fourth-order valence-electron chi connectivity index (χ4n) is 4.00. The summed E-state index contributed by atoms with van der Waals surface area (Å²) >= 11 is 0. The van der Waals surface area contributed by atoms with Gasteiger partial charge in [-0.3, -0.25) is 0 Å². The molecule has 0 aliphatic heterocycles. The normalized spacial score (nSPS) is 12.1. The SMILES string of the molecule is Cc1ccccc1C[NH+](Cc1ccccc1)Cc1cccn1Cc1cccc(F)c1. The number of hydrogen-bond acceptors (Lipinski definition) is 0. The standard InChI is InChI=1S/C27H27FN2/c1-22-9-5-6-13-25(22)20-29(18-23-10-3-2-4-11-23)21-27-15-8-16-30(27)19-24-12-7-14-26(28)17-24/h2-17H,18-21H2,1H3/p+1. The molecule has 0 saturated heterocycles. The Kier molecular flexibility index (Phi) is 6.41. The Balaban J connectivity index is 1.56. The molecule has 3 aromatic carbocycles. The molecule has 152 valence electrons. The van der Waals surface area contributed by atoms with E-state index >= 15 is 0 Å². The van der Waals surface area contributed by atoms with Crippen LogP contribution in [-0.4, -0.2) is 4.57 Å². The van der Waals surface area contributed by atoms with Gasteiger partial charge in [0.1, 0.15) is 25.5 Å². The lowest BCUT2D eigenvalue weighted by molar-refractivity contribution is -0.941. The van der Waals surface area contributed by atoms with Crippen molar-refractivity contribution < 1.29 is 9.29 Å². The molecule has 0 amide bonds. The zero-order valence-corrected chi connectivity index (χ0v) is 17.4. The van der Waals surface area contributed by atoms with E-state index in [1.165, 1.54) is 33.4 Å². The third-order valence-corrected chi connectivity index (χ3v) is 5.60. The van der Waals surface area contributed by atoms with Crippen LogP contribution >= 0.6 is 0 Å². The second-order valence-corrected chi connectivity index (χ2v) is 7.95. The van der Waals surface area contributed by atoms with Gasteiger partial charge in [0.15, 0.2) is 0 Å². The van der Waals surface area contributed by atoms with E-state index in [-0.39, 0.29) is 5.82 Å². The van der Waals surface area contributed by atoms with Crippen LogP contribution in [0.3, 0.4) is 0 Å². The molecular weight excluding hydrogens is 371 g/mol. The molecule has 1 unspecified atom stereocenters. The van der Waals surface area contributed by atoms with Crippen LogP contribution < -0.4 is 4.90 Å². The van der Waals surface area contributed by atoms with Crippen LogP contribution in [0.5, 0.6) is 0 Å². The number of aryl methyl sites for hydroxylation is 1. The number of nitrogens with zero attached hydrogens (tertiary/aromatic N) is 1. The number of benzene rings is 3. The van der Waals surface area contributed by atoms with Crippen molar-refractivity contribution in [3.63, 3.8) is 0 Å². The summed E-state index contributed by atoms with van der Waals surface area (Å²) in [4.78, 5) is 1.48. The molecular formula is C27H28FN2+. The van der Waals surface area contributed by atoms with E-state index in [1.54, 1.807) is 12.1 Å². The molecule has 1 N–H and O–H groups in total. The number of rotatable bonds is 8. The molecule has 0 aliphatic rings. The molecule has 1 heterocycles. The van der Waals surface area contributed by atoms with Gasteiger partial charge in [-0.15, -0.1) is 0 Å². The van der Waals surface area contributed by atoms with E-state index in [0.717, 1.165) is 25.2 Å². The highest BCUT2D eigenvalue weighted by Gasteiger charge is 2.15. The third-order valence-electron chi connectivity index (χ3n) is 5.60. The summed E-state index contributed by atoms with van der Waals surface area (Å²) in [6, 6.07) is 30.4. The Morgan fingerprint density at radius 3 is 2.30 bits per heavy atom. The van der Waals surface area contributed by atoms with Gasteiger partial charge in [0.05, 0.1) is 5.69 Å². The first-order chi connectivity index (χ1) is 14.7. The van der Waals surface area contributed by atoms with Gasteiger partial charge >= 0.3 is 0 Å². The van der Waals surface area contributed by atoms with Crippen molar-refractivity contribution in [1.29, 1.82) is 0 Å². The zero-order valence-electron chi connectivity index (χ0n) is 17.4. The van der Waals surface area contributed by atoms with Gasteiger partial charge in [0.25, 0.3) is 0 Å². The molecule has 0 radical (unpaired) electrons. The van der Waals surface area contributed by atoms with Crippen LogP contribution in [0.1, 0.15) is 27.9 Å². The van der Waals surface area contributed by atoms with E-state index in [0.29, 0.717) is 6.54 Å². The van der Waals surface area contributed by atoms with E-state index in [1.807, 2.05) is 6.07 Å². The zero-order chi connectivity index (χ0) is 20.8. The fourth-order valence-corrected chi connectivity index (χ4v) is 4.00. The van der Waals surface area contributed by atoms with E-state index in [9.17, 15) is 4.39 Å². The molecule has 4 aromatic rings. The van der Waals surface area contributed by atoms with Gasteiger partial charge in [-0.2, -0.15) is 0 Å². The molecule has 0 saturated carbocycles. The van der Waals surface area contributed by atoms with Crippen LogP contribution in [0, 0.1) is 12.7 Å². The van der Waals surface area contributed by atoms with Crippen molar-refractivity contribution in [2.75, 3.05) is 0 Å². The Morgan fingerprint density at radius 2 is 1.50 bits per heavy atom. The minimum Gasteiger partial charge on any atom is -0.342 e. The average Bonchev–Trinajstić information content (AvgIpc) is 3.17. The van der Waals surface area contributed by atoms with Gasteiger partial charge in [0, 0.05) is 23.9 Å². The highest BCUT2D eigenvalue weighted by Crippen LogP contribution is 2.10. The lowest BCUT2D eigenvalue weighted by Crippen LogP contribution is -3.08. The van der Waals surface area contributed by atoms with Crippen LogP contribution in [-0.2, 0) is 26.2 Å². The van der Waals surface area contributed by atoms with Crippen molar-refractivity contribution >= 4 is 0 Å².